The fraction of sp³-hybridized carbons (Fsp3) is 0.600. The molecule has 1 rings (SSSR count). The van der Waals surface area contributed by atoms with Gasteiger partial charge in [0.05, 0.1) is 5.69 Å². The number of hydrogen-bond donors (Lipinski definition) is 3. The van der Waals surface area contributed by atoms with Gasteiger partial charge >= 0.3 is 0 Å². The summed E-state index contributed by atoms with van der Waals surface area (Å²) in [6.45, 7) is 4.70. The predicted octanol–water partition coefficient (Wildman–Crippen LogP) is 0.343. The van der Waals surface area contributed by atoms with Gasteiger partial charge in [-0.15, -0.1) is 0 Å². The molecule has 16 heavy (non-hydrogen) atoms. The van der Waals surface area contributed by atoms with E-state index in [4.69, 9.17) is 10.9 Å². The second-order valence-electron chi connectivity index (χ2n) is 3.99. The Kier molecular flexibility index (Phi) is 4.30. The Hall–Kier alpha value is -1.56. The minimum atomic E-state index is 0.163. The number of oxime groups is 1. The minimum Gasteiger partial charge on any atom is -0.409 e. The molecular weight excluding hydrogens is 206 g/mol. The molecule has 0 aromatic carbocycles. The van der Waals surface area contributed by atoms with Crippen molar-refractivity contribution in [2.75, 3.05) is 0 Å². The Morgan fingerprint density at radius 1 is 1.75 bits per heavy atom. The molecule has 0 saturated heterocycles. The lowest BCUT2D eigenvalue weighted by atomic mass is 10.2. The van der Waals surface area contributed by atoms with Gasteiger partial charge in [0, 0.05) is 37.8 Å². The van der Waals surface area contributed by atoms with Crippen LogP contribution in [0.3, 0.4) is 0 Å². The lowest BCUT2D eigenvalue weighted by Crippen LogP contribution is -2.30. The predicted molar refractivity (Wildman–Crippen MR) is 62.3 cm³/mol. The van der Waals surface area contributed by atoms with E-state index in [1.165, 1.54) is 0 Å². The summed E-state index contributed by atoms with van der Waals surface area (Å²) in [6.07, 6.45) is 2.51. The molecule has 0 fully saturated rings. The van der Waals surface area contributed by atoms with Gasteiger partial charge in [-0.05, 0) is 13.8 Å². The Labute approximate surface area is 95.1 Å². The van der Waals surface area contributed by atoms with Gasteiger partial charge in [0.1, 0.15) is 5.84 Å². The van der Waals surface area contributed by atoms with E-state index in [-0.39, 0.29) is 11.9 Å². The van der Waals surface area contributed by atoms with E-state index < -0.39 is 0 Å². The average Bonchev–Trinajstić information content (AvgIpc) is 2.54. The summed E-state index contributed by atoms with van der Waals surface area (Å²) in [4.78, 5) is 0. The van der Waals surface area contributed by atoms with Crippen molar-refractivity contribution in [3.05, 3.63) is 17.5 Å². The van der Waals surface area contributed by atoms with Crippen molar-refractivity contribution in [1.82, 2.24) is 15.1 Å². The Bertz CT molecular complexity index is 371. The van der Waals surface area contributed by atoms with Gasteiger partial charge in [0.25, 0.3) is 0 Å². The Balaban J connectivity index is 2.42. The minimum absolute atomic E-state index is 0.163. The number of nitrogens with one attached hydrogen (secondary N) is 1. The third kappa shape index (κ3) is 3.54. The maximum absolute atomic E-state index is 8.44. The molecule has 1 aromatic heterocycles. The number of nitrogens with two attached hydrogens (primary N) is 1. The molecule has 6 nitrogen and oxygen atoms in total. The summed E-state index contributed by atoms with van der Waals surface area (Å²) < 4.78 is 1.79. The molecule has 6 heteroatoms. The molecule has 1 aromatic rings. The summed E-state index contributed by atoms with van der Waals surface area (Å²) in [7, 11) is 1.90. The van der Waals surface area contributed by atoms with E-state index in [0.29, 0.717) is 6.42 Å². The topological polar surface area (TPSA) is 88.5 Å². The summed E-state index contributed by atoms with van der Waals surface area (Å²) >= 11 is 0. The van der Waals surface area contributed by atoms with Crippen LogP contribution in [0.4, 0.5) is 0 Å². The number of aryl methyl sites for hydroxylation is 2. The lowest BCUT2D eigenvalue weighted by Gasteiger charge is -2.12. The van der Waals surface area contributed by atoms with Gasteiger partial charge < -0.3 is 16.3 Å². The van der Waals surface area contributed by atoms with Gasteiger partial charge in [-0.3, -0.25) is 4.68 Å². The van der Waals surface area contributed by atoms with Gasteiger partial charge in [0.2, 0.25) is 0 Å². The van der Waals surface area contributed by atoms with Crippen molar-refractivity contribution in [3.8, 4) is 0 Å². The first-order chi connectivity index (χ1) is 7.52. The number of rotatable bonds is 5. The van der Waals surface area contributed by atoms with Crippen LogP contribution < -0.4 is 11.1 Å². The van der Waals surface area contributed by atoms with Gasteiger partial charge in [-0.25, -0.2) is 0 Å². The number of nitrogens with zero attached hydrogens (tertiary/aromatic N) is 3. The van der Waals surface area contributed by atoms with Crippen LogP contribution in [0, 0.1) is 6.92 Å². The fourth-order valence-electron chi connectivity index (χ4n) is 1.53. The van der Waals surface area contributed by atoms with E-state index in [1.54, 1.807) is 4.68 Å². The highest BCUT2D eigenvalue weighted by atomic mass is 16.4. The highest BCUT2D eigenvalue weighted by molar-refractivity contribution is 5.80. The van der Waals surface area contributed by atoms with E-state index >= 15 is 0 Å². The zero-order valence-corrected chi connectivity index (χ0v) is 9.94. The van der Waals surface area contributed by atoms with Crippen molar-refractivity contribution in [3.63, 3.8) is 0 Å². The van der Waals surface area contributed by atoms with Crippen LogP contribution in [-0.2, 0) is 13.6 Å². The average molecular weight is 225 g/mol. The van der Waals surface area contributed by atoms with Crippen LogP contribution in [0.5, 0.6) is 0 Å². The first kappa shape index (κ1) is 12.5. The standard InChI is InChI=1S/C10H19N5O/c1-7(4-10(11)14-16)12-5-9-6-15(3)13-8(9)2/h6-7,12,16H,4-5H2,1-3H3,(H2,11,14). The Morgan fingerprint density at radius 2 is 2.44 bits per heavy atom. The maximum Gasteiger partial charge on any atom is 0.140 e. The van der Waals surface area contributed by atoms with Crippen molar-refractivity contribution in [2.24, 2.45) is 17.9 Å². The molecule has 4 N–H and O–H groups in total. The molecule has 1 heterocycles. The van der Waals surface area contributed by atoms with Crippen LogP contribution in [0.25, 0.3) is 0 Å². The highest BCUT2D eigenvalue weighted by Crippen LogP contribution is 2.04. The van der Waals surface area contributed by atoms with Crippen LogP contribution in [0.1, 0.15) is 24.6 Å². The summed E-state index contributed by atoms with van der Waals surface area (Å²) in [5.41, 5.74) is 7.60. The number of aromatic nitrogens is 2. The molecule has 0 bridgehead atoms. The van der Waals surface area contributed by atoms with Crippen LogP contribution in [-0.4, -0.2) is 26.9 Å². The molecule has 0 aliphatic carbocycles. The molecule has 90 valence electrons. The fourth-order valence-corrected chi connectivity index (χ4v) is 1.53. The van der Waals surface area contributed by atoms with E-state index in [0.717, 1.165) is 17.8 Å². The third-order valence-corrected chi connectivity index (χ3v) is 2.40. The van der Waals surface area contributed by atoms with Gasteiger partial charge in [-0.1, -0.05) is 5.16 Å². The molecular formula is C10H19N5O. The molecule has 1 atom stereocenters. The Morgan fingerprint density at radius 3 is 2.94 bits per heavy atom. The zero-order valence-electron chi connectivity index (χ0n) is 9.94. The second-order valence-corrected chi connectivity index (χ2v) is 3.99. The maximum atomic E-state index is 8.44. The van der Waals surface area contributed by atoms with E-state index in [1.807, 2.05) is 27.1 Å². The van der Waals surface area contributed by atoms with Crippen molar-refractivity contribution < 1.29 is 5.21 Å². The summed E-state index contributed by atoms with van der Waals surface area (Å²) in [6, 6.07) is 0.163. The van der Waals surface area contributed by atoms with Crippen molar-refractivity contribution in [1.29, 1.82) is 0 Å². The SMILES string of the molecule is Cc1nn(C)cc1CNC(C)CC(N)=NO. The smallest absolute Gasteiger partial charge is 0.140 e. The second kappa shape index (κ2) is 5.50. The molecule has 0 aliphatic rings. The van der Waals surface area contributed by atoms with E-state index in [9.17, 15) is 0 Å². The molecule has 0 saturated carbocycles. The molecule has 1 unspecified atom stereocenters. The summed E-state index contributed by atoms with van der Waals surface area (Å²) in [5, 5.41) is 18.9. The van der Waals surface area contributed by atoms with Crippen LogP contribution >= 0.6 is 0 Å². The number of amidine groups is 1. The van der Waals surface area contributed by atoms with Gasteiger partial charge in [-0.2, -0.15) is 5.10 Å². The molecule has 0 aliphatic heterocycles. The first-order valence-corrected chi connectivity index (χ1v) is 5.21. The van der Waals surface area contributed by atoms with Crippen molar-refractivity contribution in [2.45, 2.75) is 32.9 Å². The van der Waals surface area contributed by atoms with E-state index in [2.05, 4.69) is 15.6 Å². The molecule has 0 amide bonds. The third-order valence-electron chi connectivity index (χ3n) is 2.40. The first-order valence-electron chi connectivity index (χ1n) is 5.21. The molecule has 0 spiro atoms. The lowest BCUT2D eigenvalue weighted by molar-refractivity contribution is 0.316. The van der Waals surface area contributed by atoms with Gasteiger partial charge in [0.15, 0.2) is 0 Å². The normalized spacial score (nSPS) is 14.1. The van der Waals surface area contributed by atoms with Crippen molar-refractivity contribution >= 4 is 5.84 Å². The highest BCUT2D eigenvalue weighted by Gasteiger charge is 2.07. The van der Waals surface area contributed by atoms with Crippen LogP contribution in [0.2, 0.25) is 0 Å². The number of hydrogen-bond acceptors (Lipinski definition) is 4. The van der Waals surface area contributed by atoms with Crippen LogP contribution in [0.15, 0.2) is 11.4 Å². The monoisotopic (exact) mass is 225 g/mol. The zero-order chi connectivity index (χ0) is 12.1. The molecule has 0 radical (unpaired) electrons. The summed E-state index contributed by atoms with van der Waals surface area (Å²) in [5.74, 6) is 0.239. The quantitative estimate of drug-likeness (QED) is 0.292. The largest absolute Gasteiger partial charge is 0.409 e.